The van der Waals surface area contributed by atoms with E-state index in [0.29, 0.717) is 19.4 Å². The molecule has 0 N–H and O–H groups in total. The second-order valence-electron chi connectivity index (χ2n) is 11.0. The standard InChI is InChI=1S/C25H45NO7/c1-12-31-22(28)18(16(4)5)14-20-19(13-17(15(2)3)21(27)30-11)26(25(9,10)32-20)23(29)33-24(6,7)8/h15-20H,12-14H2,1-11H3/t17-,18-,19+,20+/m0/s1. The number of hydrogen-bond acceptors (Lipinski definition) is 7. The molecule has 0 spiro atoms. The van der Waals surface area contributed by atoms with E-state index in [9.17, 15) is 14.4 Å². The van der Waals surface area contributed by atoms with E-state index in [1.54, 1.807) is 25.7 Å². The predicted molar refractivity (Wildman–Crippen MR) is 125 cm³/mol. The highest BCUT2D eigenvalue weighted by Crippen LogP contribution is 2.41. The van der Waals surface area contributed by atoms with Crippen LogP contribution in [-0.2, 0) is 28.5 Å². The molecule has 0 aliphatic carbocycles. The van der Waals surface area contributed by atoms with Crippen molar-refractivity contribution in [3.63, 3.8) is 0 Å². The molecule has 1 fully saturated rings. The Morgan fingerprint density at radius 3 is 1.91 bits per heavy atom. The van der Waals surface area contributed by atoms with Gasteiger partial charge in [-0.3, -0.25) is 14.5 Å². The average molecular weight is 472 g/mol. The van der Waals surface area contributed by atoms with Crippen LogP contribution >= 0.6 is 0 Å². The van der Waals surface area contributed by atoms with Gasteiger partial charge in [0.25, 0.3) is 0 Å². The Labute approximate surface area is 199 Å². The summed E-state index contributed by atoms with van der Waals surface area (Å²) in [5.41, 5.74) is -1.67. The van der Waals surface area contributed by atoms with E-state index >= 15 is 0 Å². The van der Waals surface area contributed by atoms with Gasteiger partial charge < -0.3 is 18.9 Å². The Bertz CT molecular complexity index is 681. The minimum Gasteiger partial charge on any atom is -0.469 e. The van der Waals surface area contributed by atoms with Crippen molar-refractivity contribution in [2.75, 3.05) is 13.7 Å². The van der Waals surface area contributed by atoms with Crippen LogP contribution in [0.15, 0.2) is 0 Å². The van der Waals surface area contributed by atoms with Crippen molar-refractivity contribution >= 4 is 18.0 Å². The lowest BCUT2D eigenvalue weighted by Crippen LogP contribution is -2.51. The Balaban J connectivity index is 3.41. The van der Waals surface area contributed by atoms with E-state index in [1.807, 2.05) is 48.5 Å². The molecule has 0 aromatic heterocycles. The summed E-state index contributed by atoms with van der Waals surface area (Å²) in [6.45, 7) is 18.9. The summed E-state index contributed by atoms with van der Waals surface area (Å²) in [6.07, 6.45) is -0.277. The Kier molecular flexibility index (Phi) is 10.2. The fraction of sp³-hybridized carbons (Fsp3) is 0.880. The van der Waals surface area contributed by atoms with E-state index < -0.39 is 41.4 Å². The monoisotopic (exact) mass is 471 g/mol. The molecule has 1 heterocycles. The normalized spacial score (nSPS) is 22.3. The highest BCUT2D eigenvalue weighted by molar-refractivity contribution is 5.74. The van der Waals surface area contributed by atoms with Gasteiger partial charge in [-0.1, -0.05) is 27.7 Å². The first-order valence-corrected chi connectivity index (χ1v) is 12.0. The van der Waals surface area contributed by atoms with Gasteiger partial charge in [0.05, 0.1) is 37.7 Å². The van der Waals surface area contributed by atoms with Crippen LogP contribution in [0.2, 0.25) is 0 Å². The number of esters is 2. The molecule has 0 aromatic carbocycles. The largest absolute Gasteiger partial charge is 0.469 e. The van der Waals surface area contributed by atoms with Gasteiger partial charge in [-0.05, 0) is 66.2 Å². The number of rotatable bonds is 9. The number of hydrogen-bond donors (Lipinski definition) is 0. The molecule has 0 saturated carbocycles. The van der Waals surface area contributed by atoms with E-state index in [2.05, 4.69) is 0 Å². The number of amides is 1. The van der Waals surface area contributed by atoms with Gasteiger partial charge in [-0.2, -0.15) is 0 Å². The SMILES string of the molecule is CCOC(=O)[C@@H](C[C@H]1OC(C)(C)N(C(=O)OC(C)(C)C)[C@@H]1C[C@H](C(=O)OC)C(C)C)C(C)C. The van der Waals surface area contributed by atoms with Crippen LogP contribution in [0.1, 0.15) is 82.1 Å². The van der Waals surface area contributed by atoms with E-state index in [1.165, 1.54) is 7.11 Å². The van der Waals surface area contributed by atoms with Gasteiger partial charge in [0, 0.05) is 0 Å². The van der Waals surface area contributed by atoms with Gasteiger partial charge in [-0.25, -0.2) is 4.79 Å². The minimum absolute atomic E-state index is 0.00625. The van der Waals surface area contributed by atoms with Crippen LogP contribution in [0, 0.1) is 23.7 Å². The number of carbonyl (C=O) groups is 3. The average Bonchev–Trinajstić information content (AvgIpc) is 2.90. The molecule has 1 saturated heterocycles. The second-order valence-corrected chi connectivity index (χ2v) is 11.0. The first kappa shape index (κ1) is 29.2. The van der Waals surface area contributed by atoms with Gasteiger partial charge in [-0.15, -0.1) is 0 Å². The van der Waals surface area contributed by atoms with Gasteiger partial charge in [0.2, 0.25) is 0 Å². The lowest BCUT2D eigenvalue weighted by Gasteiger charge is -2.36. The van der Waals surface area contributed by atoms with Crippen LogP contribution < -0.4 is 0 Å². The third-order valence-electron chi connectivity index (χ3n) is 6.06. The van der Waals surface area contributed by atoms with Crippen molar-refractivity contribution in [1.82, 2.24) is 4.90 Å². The Hall–Kier alpha value is -1.83. The summed E-state index contributed by atoms with van der Waals surface area (Å²) in [7, 11) is 1.37. The van der Waals surface area contributed by atoms with Crippen molar-refractivity contribution in [2.45, 2.75) is 106 Å². The summed E-state index contributed by atoms with van der Waals surface area (Å²) < 4.78 is 22.4. The molecule has 4 atom stereocenters. The summed E-state index contributed by atoms with van der Waals surface area (Å²) >= 11 is 0. The molecular weight excluding hydrogens is 426 g/mol. The Morgan fingerprint density at radius 2 is 1.48 bits per heavy atom. The molecule has 8 heteroatoms. The predicted octanol–water partition coefficient (Wildman–Crippen LogP) is 4.79. The first-order valence-electron chi connectivity index (χ1n) is 12.0. The topological polar surface area (TPSA) is 91.4 Å². The molecule has 1 aliphatic heterocycles. The third-order valence-corrected chi connectivity index (χ3v) is 6.06. The van der Waals surface area contributed by atoms with Gasteiger partial charge in [0.15, 0.2) is 0 Å². The molecule has 192 valence electrons. The van der Waals surface area contributed by atoms with Crippen molar-refractivity contribution in [2.24, 2.45) is 23.7 Å². The fourth-order valence-corrected chi connectivity index (χ4v) is 4.39. The molecule has 1 amide bonds. The van der Waals surface area contributed by atoms with Crippen LogP contribution in [0.25, 0.3) is 0 Å². The smallest absolute Gasteiger partial charge is 0.412 e. The molecule has 33 heavy (non-hydrogen) atoms. The van der Waals surface area contributed by atoms with Crippen LogP contribution in [0.5, 0.6) is 0 Å². The molecule has 1 aliphatic rings. The number of nitrogens with zero attached hydrogens (tertiary/aromatic N) is 1. The Morgan fingerprint density at radius 1 is 0.970 bits per heavy atom. The van der Waals surface area contributed by atoms with E-state index in [0.717, 1.165) is 0 Å². The zero-order chi connectivity index (χ0) is 25.7. The number of carbonyl (C=O) groups excluding carboxylic acids is 3. The third kappa shape index (κ3) is 7.87. The first-order chi connectivity index (χ1) is 15.1. The molecule has 0 radical (unpaired) electrons. The maximum atomic E-state index is 13.3. The molecule has 1 rings (SSSR count). The quantitative estimate of drug-likeness (QED) is 0.353. The van der Waals surface area contributed by atoms with Crippen molar-refractivity contribution in [1.29, 1.82) is 0 Å². The minimum atomic E-state index is -0.981. The van der Waals surface area contributed by atoms with Crippen molar-refractivity contribution in [3.8, 4) is 0 Å². The second kappa shape index (κ2) is 11.5. The highest BCUT2D eigenvalue weighted by Gasteiger charge is 2.53. The number of methoxy groups -OCH3 is 1. The zero-order valence-electron chi connectivity index (χ0n) is 22.4. The molecule has 0 unspecified atom stereocenters. The van der Waals surface area contributed by atoms with E-state index in [-0.39, 0.29) is 23.8 Å². The lowest BCUT2D eigenvalue weighted by molar-refractivity contribution is -0.152. The van der Waals surface area contributed by atoms with Crippen LogP contribution in [0.4, 0.5) is 4.79 Å². The molecular formula is C25H45NO7. The van der Waals surface area contributed by atoms with Crippen LogP contribution in [0.3, 0.4) is 0 Å². The zero-order valence-corrected chi connectivity index (χ0v) is 22.4. The molecule has 0 bridgehead atoms. The summed E-state index contributed by atoms with van der Waals surface area (Å²) in [4.78, 5) is 40.1. The fourth-order valence-electron chi connectivity index (χ4n) is 4.39. The van der Waals surface area contributed by atoms with Gasteiger partial charge >= 0.3 is 18.0 Å². The maximum Gasteiger partial charge on any atom is 0.412 e. The van der Waals surface area contributed by atoms with Crippen LogP contribution in [-0.4, -0.2) is 60.1 Å². The summed E-state index contributed by atoms with van der Waals surface area (Å²) in [5.74, 6) is -1.44. The molecule has 0 aromatic rings. The van der Waals surface area contributed by atoms with Crippen molar-refractivity contribution < 1.29 is 33.3 Å². The highest BCUT2D eigenvalue weighted by atomic mass is 16.6. The number of ether oxygens (including phenoxy) is 4. The van der Waals surface area contributed by atoms with Crippen molar-refractivity contribution in [3.05, 3.63) is 0 Å². The maximum absolute atomic E-state index is 13.3. The van der Waals surface area contributed by atoms with Gasteiger partial charge in [0.1, 0.15) is 11.3 Å². The molecule has 8 nitrogen and oxygen atoms in total. The summed E-state index contributed by atoms with van der Waals surface area (Å²) in [6, 6.07) is -0.475. The summed E-state index contributed by atoms with van der Waals surface area (Å²) in [5, 5.41) is 0. The lowest BCUT2D eigenvalue weighted by atomic mass is 9.83. The van der Waals surface area contributed by atoms with E-state index in [4.69, 9.17) is 18.9 Å².